The molecule has 1 aromatic rings. The number of hydrogen-bond donors (Lipinski definition) is 1. The van der Waals surface area contributed by atoms with Crippen molar-refractivity contribution in [1.29, 1.82) is 0 Å². The number of rotatable bonds is 3. The smallest absolute Gasteiger partial charge is 0.311 e. The lowest BCUT2D eigenvalue weighted by Crippen LogP contribution is -2.49. The fraction of sp³-hybridized carbons (Fsp3) is 0.467. The van der Waals surface area contributed by atoms with Crippen LogP contribution in [-0.4, -0.2) is 35.0 Å². The van der Waals surface area contributed by atoms with Gasteiger partial charge < -0.3 is 10.0 Å². The van der Waals surface area contributed by atoms with E-state index < -0.39 is 28.9 Å². The van der Waals surface area contributed by atoms with E-state index in [4.69, 9.17) is 0 Å². The minimum atomic E-state index is -0.972. The second kappa shape index (κ2) is 5.79. The number of carboxylic acid groups (broad SMARTS) is 1. The largest absolute Gasteiger partial charge is 0.481 e. The Morgan fingerprint density at radius 1 is 1.29 bits per heavy atom. The molecule has 0 bridgehead atoms. The number of likely N-dealkylation sites (tertiary alicyclic amines) is 1. The third-order valence-electron chi connectivity index (χ3n) is 4.10. The average molecular weight is 297 g/mol. The van der Waals surface area contributed by atoms with E-state index in [1.165, 1.54) is 4.90 Å². The maximum Gasteiger partial charge on any atom is 0.311 e. The van der Waals surface area contributed by atoms with Crippen molar-refractivity contribution < 1.29 is 23.5 Å². The maximum atomic E-state index is 13.2. The number of carbonyl (C=O) groups is 2. The zero-order valence-corrected chi connectivity index (χ0v) is 11.7. The van der Waals surface area contributed by atoms with Crippen LogP contribution < -0.4 is 0 Å². The van der Waals surface area contributed by atoms with Crippen LogP contribution in [0.4, 0.5) is 8.78 Å². The van der Waals surface area contributed by atoms with Gasteiger partial charge >= 0.3 is 5.97 Å². The molecule has 0 spiro atoms. The van der Waals surface area contributed by atoms with Crippen LogP contribution in [0.15, 0.2) is 18.2 Å². The van der Waals surface area contributed by atoms with Gasteiger partial charge in [0.1, 0.15) is 11.6 Å². The number of benzene rings is 1. The maximum absolute atomic E-state index is 13.2. The molecule has 1 amide bonds. The van der Waals surface area contributed by atoms with Gasteiger partial charge in [0.15, 0.2) is 0 Å². The first kappa shape index (κ1) is 15.4. The minimum absolute atomic E-state index is 0.0653. The highest BCUT2D eigenvalue weighted by molar-refractivity contribution is 5.94. The molecule has 0 radical (unpaired) electrons. The second-order valence-electron chi connectivity index (χ2n) is 5.43. The van der Waals surface area contributed by atoms with Gasteiger partial charge in [-0.3, -0.25) is 9.59 Å². The first-order chi connectivity index (χ1) is 9.88. The van der Waals surface area contributed by atoms with Crippen LogP contribution >= 0.6 is 0 Å². The molecule has 2 rings (SSSR count). The summed E-state index contributed by atoms with van der Waals surface area (Å²) in [4.78, 5) is 25.2. The van der Waals surface area contributed by atoms with Gasteiger partial charge in [-0.05, 0) is 31.4 Å². The fourth-order valence-electron chi connectivity index (χ4n) is 2.78. The Morgan fingerprint density at radius 2 is 1.90 bits per heavy atom. The Labute approximate surface area is 121 Å². The number of aliphatic carboxylic acids is 1. The third kappa shape index (κ3) is 3.04. The molecular formula is C15H17F2NO3. The van der Waals surface area contributed by atoms with Gasteiger partial charge in [-0.25, -0.2) is 8.78 Å². The van der Waals surface area contributed by atoms with Gasteiger partial charge in [-0.1, -0.05) is 6.92 Å². The summed E-state index contributed by atoms with van der Waals surface area (Å²) in [5, 5.41) is 9.39. The number of carboxylic acids is 1. The number of carbonyl (C=O) groups excluding carboxylic acids is 1. The molecule has 1 aliphatic heterocycles. The Hall–Kier alpha value is -1.98. The number of piperidine rings is 1. The summed E-state index contributed by atoms with van der Waals surface area (Å²) in [5.41, 5.74) is -1.07. The van der Waals surface area contributed by atoms with E-state index >= 15 is 0 Å². The summed E-state index contributed by atoms with van der Waals surface area (Å²) in [6, 6.07) is 2.63. The van der Waals surface area contributed by atoms with E-state index in [2.05, 4.69) is 0 Å². The number of halogens is 2. The van der Waals surface area contributed by atoms with Crippen LogP contribution in [0.5, 0.6) is 0 Å². The first-order valence-electron chi connectivity index (χ1n) is 6.87. The summed E-state index contributed by atoms with van der Waals surface area (Å²) in [7, 11) is 0. The lowest BCUT2D eigenvalue weighted by molar-refractivity contribution is -0.152. The molecule has 1 aromatic carbocycles. The second-order valence-corrected chi connectivity index (χ2v) is 5.43. The molecule has 21 heavy (non-hydrogen) atoms. The molecule has 1 heterocycles. The summed E-state index contributed by atoms with van der Waals surface area (Å²) < 4.78 is 26.4. The minimum Gasteiger partial charge on any atom is -0.481 e. The van der Waals surface area contributed by atoms with E-state index in [1.807, 2.05) is 0 Å². The van der Waals surface area contributed by atoms with Crippen LogP contribution in [0.2, 0.25) is 0 Å². The van der Waals surface area contributed by atoms with Crippen molar-refractivity contribution in [2.75, 3.05) is 13.1 Å². The van der Waals surface area contributed by atoms with Crippen molar-refractivity contribution >= 4 is 11.9 Å². The van der Waals surface area contributed by atoms with E-state index in [1.54, 1.807) is 6.92 Å². The molecule has 4 nitrogen and oxygen atoms in total. The quantitative estimate of drug-likeness (QED) is 0.933. The van der Waals surface area contributed by atoms with Crippen molar-refractivity contribution in [1.82, 2.24) is 4.90 Å². The molecule has 114 valence electrons. The Kier molecular flexibility index (Phi) is 4.25. The Bertz CT molecular complexity index is 556. The van der Waals surface area contributed by atoms with Crippen molar-refractivity contribution in [2.24, 2.45) is 5.41 Å². The molecule has 0 aliphatic carbocycles. The molecule has 1 N–H and O–H groups in total. The van der Waals surface area contributed by atoms with Crippen molar-refractivity contribution in [2.45, 2.75) is 26.2 Å². The Morgan fingerprint density at radius 3 is 2.43 bits per heavy atom. The highest BCUT2D eigenvalue weighted by atomic mass is 19.1. The number of nitrogens with zero attached hydrogens (tertiary/aromatic N) is 1. The summed E-state index contributed by atoms with van der Waals surface area (Å²) in [6.07, 6.45) is 1.47. The lowest BCUT2D eigenvalue weighted by atomic mass is 9.77. The van der Waals surface area contributed by atoms with Gasteiger partial charge in [0, 0.05) is 24.7 Å². The molecule has 1 unspecified atom stereocenters. The predicted octanol–water partition coefficient (Wildman–Crippen LogP) is 2.68. The standard InChI is InChI=1S/C15H17F2NO3/c1-2-15(14(20)21)4-3-5-18(9-15)13(19)10-6-11(16)8-12(17)7-10/h6-8H,2-5,9H2,1H3,(H,20,21). The van der Waals surface area contributed by atoms with Crippen LogP contribution in [0, 0.1) is 17.0 Å². The predicted molar refractivity (Wildman–Crippen MR) is 71.9 cm³/mol. The van der Waals surface area contributed by atoms with Gasteiger partial charge in [0.25, 0.3) is 5.91 Å². The fourth-order valence-corrected chi connectivity index (χ4v) is 2.78. The molecule has 1 saturated heterocycles. The zero-order chi connectivity index (χ0) is 15.6. The highest BCUT2D eigenvalue weighted by Gasteiger charge is 2.42. The van der Waals surface area contributed by atoms with Gasteiger partial charge in [-0.2, -0.15) is 0 Å². The lowest BCUT2D eigenvalue weighted by Gasteiger charge is -2.39. The van der Waals surface area contributed by atoms with Crippen LogP contribution in [-0.2, 0) is 4.79 Å². The zero-order valence-electron chi connectivity index (χ0n) is 11.7. The molecule has 1 aliphatic rings. The number of amides is 1. The highest BCUT2D eigenvalue weighted by Crippen LogP contribution is 2.34. The van der Waals surface area contributed by atoms with Crippen LogP contribution in [0.1, 0.15) is 36.5 Å². The first-order valence-corrected chi connectivity index (χ1v) is 6.87. The van der Waals surface area contributed by atoms with E-state index in [-0.39, 0.29) is 12.1 Å². The molecular weight excluding hydrogens is 280 g/mol. The SMILES string of the molecule is CCC1(C(=O)O)CCCN(C(=O)c2cc(F)cc(F)c2)C1. The van der Waals surface area contributed by atoms with Crippen LogP contribution in [0.3, 0.4) is 0 Å². The van der Waals surface area contributed by atoms with Gasteiger partial charge in [0.05, 0.1) is 5.41 Å². The van der Waals surface area contributed by atoms with Crippen molar-refractivity contribution in [3.63, 3.8) is 0 Å². The molecule has 6 heteroatoms. The van der Waals surface area contributed by atoms with Gasteiger partial charge in [0.2, 0.25) is 0 Å². The molecule has 0 aromatic heterocycles. The van der Waals surface area contributed by atoms with Crippen molar-refractivity contribution in [3.8, 4) is 0 Å². The molecule has 1 fully saturated rings. The van der Waals surface area contributed by atoms with E-state index in [9.17, 15) is 23.5 Å². The van der Waals surface area contributed by atoms with E-state index in [0.717, 1.165) is 12.1 Å². The monoisotopic (exact) mass is 297 g/mol. The van der Waals surface area contributed by atoms with Crippen LogP contribution in [0.25, 0.3) is 0 Å². The summed E-state index contributed by atoms with van der Waals surface area (Å²) in [6.45, 7) is 2.23. The molecule has 0 saturated carbocycles. The van der Waals surface area contributed by atoms with Gasteiger partial charge in [-0.15, -0.1) is 0 Å². The summed E-state index contributed by atoms with van der Waals surface area (Å²) >= 11 is 0. The third-order valence-corrected chi connectivity index (χ3v) is 4.10. The topological polar surface area (TPSA) is 57.6 Å². The average Bonchev–Trinajstić information content (AvgIpc) is 2.45. The molecule has 1 atom stereocenters. The van der Waals surface area contributed by atoms with Crippen molar-refractivity contribution in [3.05, 3.63) is 35.4 Å². The normalized spacial score (nSPS) is 22.1. The van der Waals surface area contributed by atoms with E-state index in [0.29, 0.717) is 31.9 Å². The number of hydrogen-bond acceptors (Lipinski definition) is 2. The Balaban J connectivity index is 2.25. The summed E-state index contributed by atoms with van der Waals surface area (Å²) in [5.74, 6) is -3.12.